The van der Waals surface area contributed by atoms with Crippen molar-refractivity contribution in [3.63, 3.8) is 0 Å². The molecule has 0 N–H and O–H groups in total. The highest BCUT2D eigenvalue weighted by Crippen LogP contribution is 2.35. The minimum atomic E-state index is -0.529. The molecule has 0 amide bonds. The van der Waals surface area contributed by atoms with Crippen LogP contribution in [0.4, 0.5) is 0 Å². The number of hydrogen-bond donors (Lipinski definition) is 0. The number of ether oxygens (including phenoxy) is 3. The van der Waals surface area contributed by atoms with E-state index in [1.54, 1.807) is 0 Å². The first-order valence-electron chi connectivity index (χ1n) is 7.47. The molecule has 0 aromatic carbocycles. The molecule has 0 spiro atoms. The maximum absolute atomic E-state index is 12.1. The van der Waals surface area contributed by atoms with Crippen molar-refractivity contribution in [2.45, 2.75) is 52.2 Å². The van der Waals surface area contributed by atoms with Crippen LogP contribution < -0.4 is 0 Å². The Morgan fingerprint density at radius 3 is 2.68 bits per heavy atom. The van der Waals surface area contributed by atoms with Gasteiger partial charge >= 0.3 is 5.97 Å². The van der Waals surface area contributed by atoms with Crippen LogP contribution >= 0.6 is 0 Å². The minimum absolute atomic E-state index is 0.0433. The predicted octanol–water partition coefficient (Wildman–Crippen LogP) is 2.41. The Morgan fingerprint density at radius 1 is 1.26 bits per heavy atom. The molecule has 4 heteroatoms. The summed E-state index contributed by atoms with van der Waals surface area (Å²) < 4.78 is 16.4. The Balaban J connectivity index is 1.92. The molecule has 1 heterocycles. The summed E-state index contributed by atoms with van der Waals surface area (Å²) in [4.78, 5) is 12.1. The lowest BCUT2D eigenvalue weighted by molar-refractivity contribution is -0.181. The second kappa shape index (κ2) is 6.71. The lowest BCUT2D eigenvalue weighted by Crippen LogP contribution is -2.42. The maximum atomic E-state index is 12.1. The van der Waals surface area contributed by atoms with E-state index >= 15 is 0 Å². The van der Waals surface area contributed by atoms with Crippen molar-refractivity contribution in [1.82, 2.24) is 0 Å². The lowest BCUT2D eigenvalue weighted by Gasteiger charge is -2.37. The molecule has 2 rings (SSSR count). The summed E-state index contributed by atoms with van der Waals surface area (Å²) in [7, 11) is 0. The first-order valence-corrected chi connectivity index (χ1v) is 7.47. The number of rotatable bonds is 3. The third-order valence-corrected chi connectivity index (χ3v) is 4.31. The summed E-state index contributed by atoms with van der Waals surface area (Å²) in [6.45, 7) is 8.03. The van der Waals surface area contributed by atoms with Gasteiger partial charge in [-0.05, 0) is 30.6 Å². The van der Waals surface area contributed by atoms with Crippen molar-refractivity contribution in [1.29, 1.82) is 0 Å². The Kier molecular flexibility index (Phi) is 5.22. The SMILES string of the molecule is CC1CCC(C(C)C)C(OC(=O)C2COCCO2)C1. The smallest absolute Gasteiger partial charge is 0.337 e. The van der Waals surface area contributed by atoms with E-state index in [4.69, 9.17) is 14.2 Å². The monoisotopic (exact) mass is 270 g/mol. The Morgan fingerprint density at radius 2 is 2.05 bits per heavy atom. The van der Waals surface area contributed by atoms with Gasteiger partial charge in [0, 0.05) is 0 Å². The van der Waals surface area contributed by atoms with Crippen molar-refractivity contribution in [3.8, 4) is 0 Å². The number of hydrogen-bond acceptors (Lipinski definition) is 4. The van der Waals surface area contributed by atoms with Crippen LogP contribution in [0.25, 0.3) is 0 Å². The van der Waals surface area contributed by atoms with Gasteiger partial charge in [0.05, 0.1) is 19.8 Å². The molecule has 19 heavy (non-hydrogen) atoms. The zero-order chi connectivity index (χ0) is 13.8. The molecule has 4 atom stereocenters. The van der Waals surface area contributed by atoms with E-state index in [2.05, 4.69) is 20.8 Å². The zero-order valence-electron chi connectivity index (χ0n) is 12.3. The molecule has 1 aliphatic carbocycles. The van der Waals surface area contributed by atoms with Gasteiger partial charge < -0.3 is 14.2 Å². The van der Waals surface area contributed by atoms with E-state index in [-0.39, 0.29) is 12.1 Å². The van der Waals surface area contributed by atoms with Crippen LogP contribution in [0, 0.1) is 17.8 Å². The number of carbonyl (C=O) groups is 1. The molecule has 1 saturated carbocycles. The third kappa shape index (κ3) is 3.93. The zero-order valence-corrected chi connectivity index (χ0v) is 12.3. The third-order valence-electron chi connectivity index (χ3n) is 4.31. The molecular formula is C15H26O4. The summed E-state index contributed by atoms with van der Waals surface area (Å²) in [5.74, 6) is 1.42. The van der Waals surface area contributed by atoms with Gasteiger partial charge in [-0.25, -0.2) is 4.79 Å². The molecule has 2 fully saturated rings. The molecule has 2 aliphatic rings. The van der Waals surface area contributed by atoms with E-state index < -0.39 is 6.10 Å². The van der Waals surface area contributed by atoms with E-state index in [9.17, 15) is 4.79 Å². The summed E-state index contributed by atoms with van der Waals surface area (Å²) in [5.41, 5.74) is 0. The quantitative estimate of drug-likeness (QED) is 0.739. The van der Waals surface area contributed by atoms with Crippen molar-refractivity contribution < 1.29 is 19.0 Å². The van der Waals surface area contributed by atoms with Gasteiger partial charge in [0.25, 0.3) is 0 Å². The van der Waals surface area contributed by atoms with Crippen LogP contribution in [0.2, 0.25) is 0 Å². The van der Waals surface area contributed by atoms with E-state index in [0.29, 0.717) is 37.6 Å². The first kappa shape index (κ1) is 14.8. The second-order valence-corrected chi connectivity index (χ2v) is 6.24. The highest BCUT2D eigenvalue weighted by atomic mass is 16.6. The molecule has 4 nitrogen and oxygen atoms in total. The van der Waals surface area contributed by atoms with Gasteiger partial charge in [0.2, 0.25) is 0 Å². The average Bonchev–Trinajstić information content (AvgIpc) is 2.39. The van der Waals surface area contributed by atoms with E-state index in [0.717, 1.165) is 12.8 Å². The van der Waals surface area contributed by atoms with Crippen molar-refractivity contribution >= 4 is 5.97 Å². The predicted molar refractivity (Wildman–Crippen MR) is 71.8 cm³/mol. The average molecular weight is 270 g/mol. The molecule has 110 valence electrons. The fourth-order valence-corrected chi connectivity index (χ4v) is 3.10. The summed E-state index contributed by atoms with van der Waals surface area (Å²) in [5, 5.41) is 0. The second-order valence-electron chi connectivity index (χ2n) is 6.24. The molecule has 1 aliphatic heterocycles. The standard InChI is InChI=1S/C15H26O4/c1-10(2)12-5-4-11(3)8-13(12)19-15(16)14-9-17-6-7-18-14/h10-14H,4-9H2,1-3H3. The first-order chi connectivity index (χ1) is 9.08. The summed E-state index contributed by atoms with van der Waals surface area (Å²) >= 11 is 0. The summed E-state index contributed by atoms with van der Waals surface area (Å²) in [6.07, 6.45) is 2.88. The molecule has 0 aromatic rings. The van der Waals surface area contributed by atoms with Gasteiger partial charge in [-0.2, -0.15) is 0 Å². The van der Waals surface area contributed by atoms with Gasteiger partial charge in [-0.15, -0.1) is 0 Å². The largest absolute Gasteiger partial charge is 0.460 e. The maximum Gasteiger partial charge on any atom is 0.337 e. The molecule has 0 bridgehead atoms. The van der Waals surface area contributed by atoms with Crippen LogP contribution in [0.5, 0.6) is 0 Å². The Labute approximate surface area is 115 Å². The van der Waals surface area contributed by atoms with Crippen LogP contribution in [-0.4, -0.2) is 38.0 Å². The van der Waals surface area contributed by atoms with Crippen LogP contribution in [-0.2, 0) is 19.0 Å². The van der Waals surface area contributed by atoms with Crippen LogP contribution in [0.3, 0.4) is 0 Å². The lowest BCUT2D eigenvalue weighted by atomic mass is 9.75. The topological polar surface area (TPSA) is 44.8 Å². The molecule has 4 unspecified atom stereocenters. The van der Waals surface area contributed by atoms with Crippen molar-refractivity contribution in [2.75, 3.05) is 19.8 Å². The van der Waals surface area contributed by atoms with Gasteiger partial charge in [-0.3, -0.25) is 0 Å². The number of esters is 1. The Hall–Kier alpha value is -0.610. The molecule has 0 aromatic heterocycles. The summed E-state index contributed by atoms with van der Waals surface area (Å²) in [6, 6.07) is 0. The normalized spacial score (nSPS) is 36.2. The van der Waals surface area contributed by atoms with Crippen LogP contribution in [0.1, 0.15) is 40.0 Å². The van der Waals surface area contributed by atoms with Gasteiger partial charge in [-0.1, -0.05) is 27.2 Å². The van der Waals surface area contributed by atoms with E-state index in [1.807, 2.05) is 0 Å². The van der Waals surface area contributed by atoms with Crippen LogP contribution in [0.15, 0.2) is 0 Å². The minimum Gasteiger partial charge on any atom is -0.460 e. The van der Waals surface area contributed by atoms with Gasteiger partial charge in [0.1, 0.15) is 6.10 Å². The fraction of sp³-hybridized carbons (Fsp3) is 0.933. The van der Waals surface area contributed by atoms with Gasteiger partial charge in [0.15, 0.2) is 6.10 Å². The molecule has 0 radical (unpaired) electrons. The van der Waals surface area contributed by atoms with Crippen molar-refractivity contribution in [3.05, 3.63) is 0 Å². The highest BCUT2D eigenvalue weighted by molar-refractivity contribution is 5.75. The number of carbonyl (C=O) groups excluding carboxylic acids is 1. The van der Waals surface area contributed by atoms with E-state index in [1.165, 1.54) is 6.42 Å². The molecule has 1 saturated heterocycles. The molecular weight excluding hydrogens is 244 g/mol. The van der Waals surface area contributed by atoms with Crippen molar-refractivity contribution in [2.24, 2.45) is 17.8 Å². The fourth-order valence-electron chi connectivity index (χ4n) is 3.10. The Bertz CT molecular complexity index is 297. The highest BCUT2D eigenvalue weighted by Gasteiger charge is 2.35.